The molecule has 9 nitrogen and oxygen atoms in total. The molecule has 1 N–H and O–H groups in total. The number of piperazine rings is 1. The van der Waals surface area contributed by atoms with E-state index in [4.69, 9.17) is 16.3 Å². The number of urea groups is 1. The third-order valence-corrected chi connectivity index (χ3v) is 9.55. The topological polar surface area (TPSA) is 99.3 Å². The number of carbonyl (C=O) groups excluding carboxylic acids is 2. The molecule has 1 saturated heterocycles. The van der Waals surface area contributed by atoms with E-state index in [0.29, 0.717) is 29.4 Å². The number of sulfonamides is 1. The maximum absolute atomic E-state index is 13.3. The van der Waals surface area contributed by atoms with Gasteiger partial charge in [-0.05, 0) is 60.5 Å². The molecule has 0 bridgehead atoms. The smallest absolute Gasteiger partial charge is 0.338 e. The predicted molar refractivity (Wildman–Crippen MR) is 147 cm³/mol. The molecule has 3 heterocycles. The van der Waals surface area contributed by atoms with Gasteiger partial charge in [0.1, 0.15) is 0 Å². The van der Waals surface area contributed by atoms with Crippen molar-refractivity contribution in [3.8, 4) is 0 Å². The van der Waals surface area contributed by atoms with Crippen LogP contribution in [0.1, 0.15) is 25.5 Å². The molecule has 1 aromatic heterocycles. The number of nitrogens with zero attached hydrogens (tertiary/aromatic N) is 3. The number of esters is 1. The SMILES string of the molecule is C=CCN1C(=O)NC(c2ccsc2)C(C(=O)OCC)=C1CN1CCN(S(=O)(=O)c2ccc(Cl)cc2)C(C)C1. The number of amides is 2. The van der Waals surface area contributed by atoms with Crippen molar-refractivity contribution in [2.45, 2.75) is 30.8 Å². The molecule has 12 heteroatoms. The summed E-state index contributed by atoms with van der Waals surface area (Å²) in [5, 5.41) is 7.19. The van der Waals surface area contributed by atoms with Crippen LogP contribution in [0.4, 0.5) is 4.79 Å². The van der Waals surface area contributed by atoms with Gasteiger partial charge in [0.05, 0.1) is 23.1 Å². The van der Waals surface area contributed by atoms with Crippen molar-refractivity contribution < 1.29 is 22.7 Å². The minimum Gasteiger partial charge on any atom is -0.463 e. The molecule has 0 spiro atoms. The first-order chi connectivity index (χ1) is 18.2. The van der Waals surface area contributed by atoms with Gasteiger partial charge in [-0.2, -0.15) is 15.6 Å². The van der Waals surface area contributed by atoms with Crippen LogP contribution in [0.5, 0.6) is 0 Å². The Morgan fingerprint density at radius 3 is 2.61 bits per heavy atom. The Morgan fingerprint density at radius 1 is 1.26 bits per heavy atom. The number of hydrogen-bond acceptors (Lipinski definition) is 7. The summed E-state index contributed by atoms with van der Waals surface area (Å²) in [6.07, 6.45) is 1.60. The van der Waals surface area contributed by atoms with Crippen molar-refractivity contribution in [2.24, 2.45) is 0 Å². The first kappa shape index (κ1) is 28.3. The fourth-order valence-electron chi connectivity index (χ4n) is 4.81. The average molecular weight is 579 g/mol. The molecular formula is C26H31ClN4O5S2. The van der Waals surface area contributed by atoms with Gasteiger partial charge in [-0.3, -0.25) is 9.80 Å². The van der Waals surface area contributed by atoms with Crippen LogP contribution in [-0.2, 0) is 19.6 Å². The number of carbonyl (C=O) groups is 2. The summed E-state index contributed by atoms with van der Waals surface area (Å²) in [5.41, 5.74) is 1.70. The Bertz CT molecular complexity index is 1310. The summed E-state index contributed by atoms with van der Waals surface area (Å²) in [6, 6.07) is 6.69. The number of hydrogen-bond donors (Lipinski definition) is 1. The molecule has 2 atom stereocenters. The van der Waals surface area contributed by atoms with E-state index in [1.54, 1.807) is 25.1 Å². The zero-order valence-electron chi connectivity index (χ0n) is 21.3. The normalized spacial score (nSPS) is 21.3. The van der Waals surface area contributed by atoms with Gasteiger partial charge in [0, 0.05) is 49.5 Å². The van der Waals surface area contributed by atoms with E-state index in [0.717, 1.165) is 5.56 Å². The predicted octanol–water partition coefficient (Wildman–Crippen LogP) is 3.87. The zero-order valence-corrected chi connectivity index (χ0v) is 23.7. The lowest BCUT2D eigenvalue weighted by Gasteiger charge is -2.42. The van der Waals surface area contributed by atoms with Crippen LogP contribution in [0.3, 0.4) is 0 Å². The van der Waals surface area contributed by atoms with Crippen molar-refractivity contribution in [2.75, 3.05) is 39.3 Å². The monoisotopic (exact) mass is 578 g/mol. The Hall–Kier alpha value is -2.70. The van der Waals surface area contributed by atoms with Crippen LogP contribution in [0.15, 0.2) is 69.9 Å². The van der Waals surface area contributed by atoms with Gasteiger partial charge in [0.2, 0.25) is 10.0 Å². The van der Waals surface area contributed by atoms with Crippen LogP contribution < -0.4 is 5.32 Å². The minimum atomic E-state index is -3.71. The molecule has 2 aliphatic heterocycles. The second-order valence-electron chi connectivity index (χ2n) is 9.07. The molecule has 0 radical (unpaired) electrons. The molecular weight excluding hydrogens is 548 g/mol. The molecule has 0 aliphatic carbocycles. The van der Waals surface area contributed by atoms with Crippen LogP contribution in [0.25, 0.3) is 0 Å². The summed E-state index contributed by atoms with van der Waals surface area (Å²) >= 11 is 7.41. The summed E-state index contributed by atoms with van der Waals surface area (Å²) in [6.45, 7) is 9.14. The fraction of sp³-hybridized carbons (Fsp3) is 0.385. The summed E-state index contributed by atoms with van der Waals surface area (Å²) in [4.78, 5) is 30.2. The van der Waals surface area contributed by atoms with Crippen LogP contribution in [0, 0.1) is 0 Å². The molecule has 2 aromatic rings. The van der Waals surface area contributed by atoms with E-state index in [-0.39, 0.29) is 43.2 Å². The first-order valence-electron chi connectivity index (χ1n) is 12.3. The molecule has 2 aliphatic rings. The lowest BCUT2D eigenvalue weighted by atomic mass is 9.96. The maximum Gasteiger partial charge on any atom is 0.338 e. The van der Waals surface area contributed by atoms with E-state index in [1.807, 2.05) is 23.8 Å². The summed E-state index contributed by atoms with van der Waals surface area (Å²) in [7, 11) is -3.71. The number of thiophene rings is 1. The fourth-order valence-corrected chi connectivity index (χ4v) is 7.23. The third-order valence-electron chi connectivity index (χ3n) is 6.57. The summed E-state index contributed by atoms with van der Waals surface area (Å²) in [5.74, 6) is -0.496. The zero-order chi connectivity index (χ0) is 27.4. The molecule has 4 rings (SSSR count). The van der Waals surface area contributed by atoms with Crippen LogP contribution in [0.2, 0.25) is 5.02 Å². The number of nitrogens with one attached hydrogen (secondary N) is 1. The standard InChI is InChI=1S/C26H31ClN4O5S2/c1-4-11-30-22(23(25(32)36-5-2)24(28-26(30)33)19-10-14-37-17-19)16-29-12-13-31(18(3)15-29)38(34,35)21-8-6-20(27)7-9-21/h4,6-10,14,17-18,24H,1,5,11-13,15-16H2,2-3H3,(H,28,33). The van der Waals surface area contributed by atoms with E-state index in [1.165, 1.54) is 32.7 Å². The van der Waals surface area contributed by atoms with Gasteiger partial charge in [0.15, 0.2) is 0 Å². The Morgan fingerprint density at radius 2 is 2.00 bits per heavy atom. The highest BCUT2D eigenvalue weighted by Gasteiger charge is 2.40. The molecule has 1 aromatic carbocycles. The summed E-state index contributed by atoms with van der Waals surface area (Å²) < 4.78 is 33.5. The Kier molecular flexibility index (Phi) is 8.94. The van der Waals surface area contributed by atoms with Crippen molar-refractivity contribution >= 4 is 45.0 Å². The molecule has 2 unspecified atom stereocenters. The van der Waals surface area contributed by atoms with Gasteiger partial charge < -0.3 is 10.1 Å². The highest BCUT2D eigenvalue weighted by molar-refractivity contribution is 7.89. The van der Waals surface area contributed by atoms with E-state index in [9.17, 15) is 18.0 Å². The minimum absolute atomic E-state index is 0.189. The highest BCUT2D eigenvalue weighted by atomic mass is 35.5. The average Bonchev–Trinajstić information content (AvgIpc) is 3.41. The quantitative estimate of drug-likeness (QED) is 0.358. The van der Waals surface area contributed by atoms with Crippen LogP contribution >= 0.6 is 22.9 Å². The highest BCUT2D eigenvalue weighted by Crippen LogP contribution is 2.33. The first-order valence-corrected chi connectivity index (χ1v) is 15.0. The Labute approximate surface area is 232 Å². The lowest BCUT2D eigenvalue weighted by Crippen LogP contribution is -2.56. The maximum atomic E-state index is 13.3. The largest absolute Gasteiger partial charge is 0.463 e. The molecule has 0 saturated carbocycles. The van der Waals surface area contributed by atoms with Crippen LogP contribution in [-0.4, -0.2) is 79.9 Å². The molecule has 38 heavy (non-hydrogen) atoms. The van der Waals surface area contributed by atoms with E-state index < -0.39 is 22.0 Å². The molecule has 204 valence electrons. The van der Waals surface area contributed by atoms with E-state index >= 15 is 0 Å². The van der Waals surface area contributed by atoms with E-state index in [2.05, 4.69) is 16.8 Å². The third kappa shape index (κ3) is 5.81. The van der Waals surface area contributed by atoms with Crippen molar-refractivity contribution in [1.82, 2.24) is 19.4 Å². The second-order valence-corrected chi connectivity index (χ2v) is 12.2. The Balaban J connectivity index is 1.64. The van der Waals surface area contributed by atoms with Crippen molar-refractivity contribution in [3.63, 3.8) is 0 Å². The molecule has 1 fully saturated rings. The van der Waals surface area contributed by atoms with Crippen molar-refractivity contribution in [1.29, 1.82) is 0 Å². The van der Waals surface area contributed by atoms with Gasteiger partial charge in [-0.1, -0.05) is 17.7 Å². The molecule has 2 amide bonds. The number of rotatable bonds is 9. The number of halogens is 1. The van der Waals surface area contributed by atoms with Crippen molar-refractivity contribution in [3.05, 3.63) is 75.6 Å². The van der Waals surface area contributed by atoms with Gasteiger partial charge in [0.25, 0.3) is 0 Å². The van der Waals surface area contributed by atoms with Gasteiger partial charge >= 0.3 is 12.0 Å². The lowest BCUT2D eigenvalue weighted by molar-refractivity contribution is -0.139. The second kappa shape index (κ2) is 12.0. The van der Waals surface area contributed by atoms with Gasteiger partial charge in [-0.25, -0.2) is 18.0 Å². The number of benzene rings is 1. The number of ether oxygens (including phenoxy) is 1. The van der Waals surface area contributed by atoms with Gasteiger partial charge in [-0.15, -0.1) is 6.58 Å².